The van der Waals surface area contributed by atoms with Crippen molar-refractivity contribution in [3.8, 4) is 0 Å². The Morgan fingerprint density at radius 2 is 1.80 bits per heavy atom. The first kappa shape index (κ1) is 13.9. The Kier molecular flexibility index (Phi) is 4.30. The molecule has 1 aromatic carbocycles. The highest BCUT2D eigenvalue weighted by Gasteiger charge is 2.37. The maximum atomic E-state index is 5.29. The lowest BCUT2D eigenvalue weighted by molar-refractivity contribution is 0.183. The van der Waals surface area contributed by atoms with Gasteiger partial charge in [-0.3, -0.25) is 0 Å². The van der Waals surface area contributed by atoms with Crippen LogP contribution in [0.15, 0.2) is 24.3 Å². The van der Waals surface area contributed by atoms with Gasteiger partial charge in [-0.1, -0.05) is 31.0 Å². The Hall–Kier alpha value is -1.02. The molecule has 110 valence electrons. The van der Waals surface area contributed by atoms with E-state index in [-0.39, 0.29) is 0 Å². The summed E-state index contributed by atoms with van der Waals surface area (Å²) in [5, 5.41) is 3.76. The molecule has 0 heterocycles. The van der Waals surface area contributed by atoms with Gasteiger partial charge in [0, 0.05) is 24.4 Å². The average molecular weight is 273 g/mol. The summed E-state index contributed by atoms with van der Waals surface area (Å²) in [7, 11) is 1.77. The third-order valence-corrected chi connectivity index (χ3v) is 5.39. The molecule has 0 atom stereocenters. The van der Waals surface area contributed by atoms with E-state index in [4.69, 9.17) is 4.74 Å². The van der Waals surface area contributed by atoms with Gasteiger partial charge in [0.2, 0.25) is 0 Å². The molecule has 2 nitrogen and oxygen atoms in total. The van der Waals surface area contributed by atoms with Gasteiger partial charge in [-0.05, 0) is 50.0 Å². The lowest BCUT2D eigenvalue weighted by Crippen LogP contribution is -2.32. The van der Waals surface area contributed by atoms with Gasteiger partial charge >= 0.3 is 0 Å². The van der Waals surface area contributed by atoms with Crippen LogP contribution < -0.4 is 5.32 Å². The molecule has 1 spiro atoms. The van der Waals surface area contributed by atoms with Crippen LogP contribution in [0.1, 0.15) is 56.9 Å². The molecule has 3 rings (SSSR count). The van der Waals surface area contributed by atoms with Gasteiger partial charge in [0.1, 0.15) is 0 Å². The van der Waals surface area contributed by atoms with Crippen molar-refractivity contribution in [3.05, 3.63) is 29.8 Å². The number of nitrogens with one attached hydrogen (secondary N) is 1. The van der Waals surface area contributed by atoms with Gasteiger partial charge in [-0.2, -0.15) is 0 Å². The van der Waals surface area contributed by atoms with Gasteiger partial charge < -0.3 is 10.1 Å². The predicted molar refractivity (Wildman–Crippen MR) is 83.9 cm³/mol. The molecule has 2 fully saturated rings. The summed E-state index contributed by atoms with van der Waals surface area (Å²) in [4.78, 5) is 0. The molecule has 1 aromatic rings. The van der Waals surface area contributed by atoms with Crippen molar-refractivity contribution < 1.29 is 4.74 Å². The highest BCUT2D eigenvalue weighted by molar-refractivity contribution is 5.51. The van der Waals surface area contributed by atoms with Crippen LogP contribution in [-0.2, 0) is 11.3 Å². The highest BCUT2D eigenvalue weighted by atomic mass is 16.5. The molecule has 1 N–H and O–H groups in total. The second-order valence-electron chi connectivity index (χ2n) is 6.72. The van der Waals surface area contributed by atoms with Gasteiger partial charge in [-0.15, -0.1) is 0 Å². The monoisotopic (exact) mass is 273 g/mol. The minimum absolute atomic E-state index is 0.652. The first-order chi connectivity index (χ1) is 9.81. The lowest BCUT2D eigenvalue weighted by atomic mass is 9.71. The summed E-state index contributed by atoms with van der Waals surface area (Å²) in [6, 6.07) is 9.21. The first-order valence-corrected chi connectivity index (χ1v) is 8.15. The zero-order valence-corrected chi connectivity index (χ0v) is 12.7. The Morgan fingerprint density at radius 1 is 1.10 bits per heavy atom. The summed E-state index contributed by atoms with van der Waals surface area (Å²) in [6.45, 7) is 0.694. The van der Waals surface area contributed by atoms with Crippen LogP contribution in [0.4, 0.5) is 5.69 Å². The average Bonchev–Trinajstić information content (AvgIpc) is 2.92. The zero-order valence-electron chi connectivity index (χ0n) is 12.7. The first-order valence-electron chi connectivity index (χ1n) is 8.15. The molecule has 2 aliphatic carbocycles. The van der Waals surface area contributed by atoms with Crippen molar-refractivity contribution in [2.24, 2.45) is 5.41 Å². The summed E-state index contributed by atoms with van der Waals surface area (Å²) < 4.78 is 5.29. The molecule has 0 bridgehead atoms. The van der Waals surface area contributed by atoms with E-state index in [1.165, 1.54) is 62.6 Å². The summed E-state index contributed by atoms with van der Waals surface area (Å²) in [5.41, 5.74) is 3.27. The summed E-state index contributed by atoms with van der Waals surface area (Å²) >= 11 is 0. The number of anilines is 1. The Balaban J connectivity index is 1.59. The number of hydrogen-bond donors (Lipinski definition) is 1. The maximum absolute atomic E-state index is 5.29. The van der Waals surface area contributed by atoms with Crippen molar-refractivity contribution in [3.63, 3.8) is 0 Å². The fourth-order valence-corrected chi connectivity index (χ4v) is 4.16. The van der Waals surface area contributed by atoms with Crippen LogP contribution in [0.25, 0.3) is 0 Å². The molecule has 0 aromatic heterocycles. The summed E-state index contributed by atoms with van der Waals surface area (Å²) in [6.07, 6.45) is 11.4. The number of rotatable bonds is 4. The normalized spacial score (nSPS) is 22.2. The Bertz CT molecular complexity index is 427. The van der Waals surface area contributed by atoms with Crippen LogP contribution >= 0.6 is 0 Å². The van der Waals surface area contributed by atoms with Crippen molar-refractivity contribution in [2.75, 3.05) is 12.4 Å². The van der Waals surface area contributed by atoms with E-state index >= 15 is 0 Å². The van der Waals surface area contributed by atoms with E-state index in [0.29, 0.717) is 12.6 Å². The van der Waals surface area contributed by atoms with Crippen LogP contribution in [-0.4, -0.2) is 13.2 Å². The largest absolute Gasteiger partial charge is 0.382 e. The second-order valence-corrected chi connectivity index (χ2v) is 6.72. The number of para-hydroxylation sites is 1. The molecule has 0 aliphatic heterocycles. The molecular weight excluding hydrogens is 246 g/mol. The van der Waals surface area contributed by atoms with Crippen molar-refractivity contribution in [1.82, 2.24) is 0 Å². The molecule has 0 saturated heterocycles. The number of benzene rings is 1. The molecule has 20 heavy (non-hydrogen) atoms. The Morgan fingerprint density at radius 3 is 2.50 bits per heavy atom. The molecule has 2 aliphatic rings. The standard InChI is InChI=1S/C18H27NO/c1-20-14-15-6-2-3-7-17(15)19-16-8-12-18(13-9-16)10-4-5-11-18/h2-3,6-7,16,19H,4-5,8-14H2,1H3. The van der Waals surface area contributed by atoms with Crippen LogP contribution in [0.5, 0.6) is 0 Å². The maximum Gasteiger partial charge on any atom is 0.0733 e. The number of hydrogen-bond acceptors (Lipinski definition) is 2. The molecule has 0 unspecified atom stereocenters. The lowest BCUT2D eigenvalue weighted by Gasteiger charge is -2.38. The molecule has 0 radical (unpaired) electrons. The minimum Gasteiger partial charge on any atom is -0.382 e. The Labute approximate surface area is 122 Å². The predicted octanol–water partition coefficient (Wildman–Crippen LogP) is 4.75. The number of methoxy groups -OCH3 is 1. The van der Waals surface area contributed by atoms with Gasteiger partial charge in [0.25, 0.3) is 0 Å². The van der Waals surface area contributed by atoms with Crippen LogP contribution in [0.3, 0.4) is 0 Å². The van der Waals surface area contributed by atoms with Crippen molar-refractivity contribution in [2.45, 2.75) is 64.0 Å². The van der Waals surface area contributed by atoms with E-state index in [9.17, 15) is 0 Å². The van der Waals surface area contributed by atoms with E-state index in [1.54, 1.807) is 7.11 Å². The fraction of sp³-hybridized carbons (Fsp3) is 0.667. The molecule has 2 heteroatoms. The van der Waals surface area contributed by atoms with Crippen molar-refractivity contribution >= 4 is 5.69 Å². The molecular formula is C18H27NO. The van der Waals surface area contributed by atoms with Crippen LogP contribution in [0, 0.1) is 5.41 Å². The fourth-order valence-electron chi connectivity index (χ4n) is 4.16. The van der Waals surface area contributed by atoms with Crippen LogP contribution in [0.2, 0.25) is 0 Å². The van der Waals surface area contributed by atoms with E-state index in [2.05, 4.69) is 29.6 Å². The third-order valence-electron chi connectivity index (χ3n) is 5.39. The quantitative estimate of drug-likeness (QED) is 0.855. The van der Waals surface area contributed by atoms with E-state index in [0.717, 1.165) is 5.41 Å². The third kappa shape index (κ3) is 3.01. The number of ether oxygens (including phenoxy) is 1. The highest BCUT2D eigenvalue weighted by Crippen LogP contribution is 2.49. The smallest absolute Gasteiger partial charge is 0.0733 e. The summed E-state index contributed by atoms with van der Waals surface area (Å²) in [5.74, 6) is 0. The topological polar surface area (TPSA) is 21.3 Å². The molecule has 2 saturated carbocycles. The van der Waals surface area contributed by atoms with Gasteiger partial charge in [-0.25, -0.2) is 0 Å². The minimum atomic E-state index is 0.652. The van der Waals surface area contributed by atoms with E-state index < -0.39 is 0 Å². The molecule has 0 amide bonds. The van der Waals surface area contributed by atoms with Crippen molar-refractivity contribution in [1.29, 1.82) is 0 Å². The van der Waals surface area contributed by atoms with E-state index in [1.807, 2.05) is 0 Å². The van der Waals surface area contributed by atoms with Gasteiger partial charge in [0.05, 0.1) is 6.61 Å². The SMILES string of the molecule is COCc1ccccc1NC1CCC2(CCCC2)CC1. The van der Waals surface area contributed by atoms with Gasteiger partial charge in [0.15, 0.2) is 0 Å². The second kappa shape index (κ2) is 6.17. The zero-order chi connectivity index (χ0) is 13.8.